The Labute approximate surface area is 183 Å². The molecule has 5 heteroatoms. The molecule has 2 N–H and O–H groups in total. The molecule has 4 rings (SSSR count). The summed E-state index contributed by atoms with van der Waals surface area (Å²) >= 11 is 0. The minimum atomic E-state index is -0.344. The number of amides is 1. The summed E-state index contributed by atoms with van der Waals surface area (Å²) in [6.07, 6.45) is 0. The van der Waals surface area contributed by atoms with Gasteiger partial charge in [-0.15, -0.1) is 0 Å². The number of nitrogens with one attached hydrogen (secondary N) is 1. The van der Waals surface area contributed by atoms with Gasteiger partial charge in [-0.2, -0.15) is 0 Å². The van der Waals surface area contributed by atoms with Gasteiger partial charge in [-0.3, -0.25) is 9.69 Å². The van der Waals surface area contributed by atoms with Gasteiger partial charge in [0, 0.05) is 37.6 Å². The van der Waals surface area contributed by atoms with Crippen molar-refractivity contribution >= 4 is 17.3 Å². The van der Waals surface area contributed by atoms with Crippen molar-refractivity contribution in [1.82, 2.24) is 4.90 Å². The van der Waals surface area contributed by atoms with Crippen LogP contribution in [-0.4, -0.2) is 42.1 Å². The zero-order chi connectivity index (χ0) is 21.8. The predicted octanol–water partition coefficient (Wildman–Crippen LogP) is 4.51. The van der Waals surface area contributed by atoms with Gasteiger partial charge in [0.2, 0.25) is 5.91 Å². The van der Waals surface area contributed by atoms with Gasteiger partial charge in [0.05, 0.1) is 0 Å². The number of nitrogens with zero attached hydrogens (tertiary/aromatic N) is 2. The Bertz CT molecular complexity index is 1030. The summed E-state index contributed by atoms with van der Waals surface area (Å²) < 4.78 is 0. The molecular formula is C26H29N3O2. The summed E-state index contributed by atoms with van der Waals surface area (Å²) in [5.74, 6) is 0.271. The fraction of sp³-hybridized carbons (Fsp3) is 0.269. The summed E-state index contributed by atoms with van der Waals surface area (Å²) in [6.45, 7) is 7.26. The molecule has 0 unspecified atom stereocenters. The Morgan fingerprint density at radius 1 is 0.903 bits per heavy atom. The highest BCUT2D eigenvalue weighted by Crippen LogP contribution is 2.27. The lowest BCUT2D eigenvalue weighted by Gasteiger charge is -2.39. The summed E-state index contributed by atoms with van der Waals surface area (Å²) in [7, 11) is 0. The second-order valence-electron chi connectivity index (χ2n) is 8.16. The molecule has 0 bridgehead atoms. The zero-order valence-corrected chi connectivity index (χ0v) is 18.1. The molecule has 1 fully saturated rings. The smallest absolute Gasteiger partial charge is 0.246 e. The van der Waals surface area contributed by atoms with Crippen LogP contribution in [-0.2, 0) is 4.79 Å². The van der Waals surface area contributed by atoms with E-state index in [1.807, 2.05) is 68.4 Å². The van der Waals surface area contributed by atoms with E-state index in [4.69, 9.17) is 0 Å². The molecule has 3 aromatic rings. The molecule has 1 aliphatic rings. The number of phenols is 1. The first-order valence-electron chi connectivity index (χ1n) is 10.7. The van der Waals surface area contributed by atoms with E-state index in [9.17, 15) is 9.90 Å². The van der Waals surface area contributed by atoms with Gasteiger partial charge in [0.15, 0.2) is 0 Å². The highest BCUT2D eigenvalue weighted by Gasteiger charge is 2.30. The third kappa shape index (κ3) is 4.89. The first-order valence-corrected chi connectivity index (χ1v) is 10.7. The molecule has 5 nitrogen and oxygen atoms in total. The van der Waals surface area contributed by atoms with Crippen LogP contribution in [0.1, 0.15) is 22.7 Å². The minimum Gasteiger partial charge on any atom is -0.508 e. The van der Waals surface area contributed by atoms with Crippen LogP contribution in [0.4, 0.5) is 11.4 Å². The van der Waals surface area contributed by atoms with Crippen LogP contribution in [0.2, 0.25) is 0 Å². The number of aromatic hydroxyl groups is 1. The average Bonchev–Trinajstić information content (AvgIpc) is 2.78. The molecule has 0 radical (unpaired) electrons. The van der Waals surface area contributed by atoms with Crippen molar-refractivity contribution in [2.45, 2.75) is 19.9 Å². The summed E-state index contributed by atoms with van der Waals surface area (Å²) in [5, 5.41) is 12.7. The second kappa shape index (κ2) is 9.23. The van der Waals surface area contributed by atoms with E-state index in [1.165, 1.54) is 0 Å². The quantitative estimate of drug-likeness (QED) is 0.644. The number of benzene rings is 3. The van der Waals surface area contributed by atoms with Crippen LogP contribution in [0.3, 0.4) is 0 Å². The molecule has 160 valence electrons. The Balaban J connectivity index is 1.53. The van der Waals surface area contributed by atoms with E-state index >= 15 is 0 Å². The van der Waals surface area contributed by atoms with Crippen molar-refractivity contribution in [3.63, 3.8) is 0 Å². The topological polar surface area (TPSA) is 55.8 Å². The maximum atomic E-state index is 13.5. The molecular weight excluding hydrogens is 386 g/mol. The van der Waals surface area contributed by atoms with Crippen LogP contribution >= 0.6 is 0 Å². The molecule has 0 saturated carbocycles. The van der Waals surface area contributed by atoms with E-state index in [2.05, 4.69) is 21.2 Å². The number of carbonyl (C=O) groups is 1. The number of carbonyl (C=O) groups excluding carboxylic acids is 1. The first-order chi connectivity index (χ1) is 15.0. The Morgan fingerprint density at radius 3 is 2.26 bits per heavy atom. The van der Waals surface area contributed by atoms with E-state index < -0.39 is 0 Å². The van der Waals surface area contributed by atoms with Crippen LogP contribution in [0.15, 0.2) is 72.8 Å². The van der Waals surface area contributed by atoms with Gasteiger partial charge in [-0.05, 0) is 60.9 Å². The lowest BCUT2D eigenvalue weighted by Crippen LogP contribution is -2.50. The molecule has 0 aromatic heterocycles. The molecule has 1 saturated heterocycles. The summed E-state index contributed by atoms with van der Waals surface area (Å²) in [6, 6.07) is 23.1. The largest absolute Gasteiger partial charge is 0.508 e. The van der Waals surface area contributed by atoms with Crippen LogP contribution in [0.25, 0.3) is 0 Å². The standard InChI is InChI=1S/C26H29N3O2/c1-19-8-9-20(2)24(18-19)27-26(31)25(21-6-4-3-5-7-21)29-16-14-28(15-17-29)22-10-12-23(30)13-11-22/h3-13,18,25,30H,14-17H2,1-2H3,(H,27,31)/t25-/m0/s1. The van der Waals surface area contributed by atoms with Gasteiger partial charge in [-0.25, -0.2) is 0 Å². The van der Waals surface area contributed by atoms with Crippen LogP contribution in [0.5, 0.6) is 5.75 Å². The van der Waals surface area contributed by atoms with Crippen molar-refractivity contribution in [2.75, 3.05) is 36.4 Å². The average molecular weight is 416 g/mol. The Hall–Kier alpha value is -3.31. The van der Waals surface area contributed by atoms with E-state index in [0.717, 1.165) is 54.2 Å². The maximum absolute atomic E-state index is 13.5. The Kier molecular flexibility index (Phi) is 6.23. The van der Waals surface area contributed by atoms with Gasteiger partial charge >= 0.3 is 0 Å². The normalized spacial score (nSPS) is 15.5. The number of rotatable bonds is 5. The maximum Gasteiger partial charge on any atom is 0.246 e. The van der Waals surface area contributed by atoms with E-state index in [-0.39, 0.29) is 17.7 Å². The second-order valence-corrected chi connectivity index (χ2v) is 8.16. The molecule has 1 atom stereocenters. The molecule has 0 spiro atoms. The third-order valence-electron chi connectivity index (χ3n) is 5.91. The summed E-state index contributed by atoms with van der Waals surface area (Å²) in [5.41, 5.74) is 5.15. The Morgan fingerprint density at radius 2 is 1.58 bits per heavy atom. The van der Waals surface area contributed by atoms with E-state index in [1.54, 1.807) is 12.1 Å². The van der Waals surface area contributed by atoms with Gasteiger partial charge in [0.1, 0.15) is 11.8 Å². The van der Waals surface area contributed by atoms with Gasteiger partial charge < -0.3 is 15.3 Å². The zero-order valence-electron chi connectivity index (χ0n) is 18.1. The number of anilines is 2. The fourth-order valence-electron chi connectivity index (χ4n) is 4.14. The van der Waals surface area contributed by atoms with Crippen molar-refractivity contribution in [3.05, 3.63) is 89.5 Å². The number of phenolic OH excluding ortho intramolecular Hbond substituents is 1. The van der Waals surface area contributed by atoms with Gasteiger partial charge in [0.25, 0.3) is 0 Å². The highest BCUT2D eigenvalue weighted by molar-refractivity contribution is 5.96. The van der Waals surface area contributed by atoms with Crippen molar-refractivity contribution in [1.29, 1.82) is 0 Å². The summed E-state index contributed by atoms with van der Waals surface area (Å²) in [4.78, 5) is 18.0. The number of hydrogen-bond acceptors (Lipinski definition) is 4. The molecule has 1 amide bonds. The molecule has 1 aliphatic heterocycles. The first kappa shape index (κ1) is 20.9. The van der Waals surface area contributed by atoms with Crippen molar-refractivity contribution < 1.29 is 9.90 Å². The number of aryl methyl sites for hydroxylation is 2. The van der Waals surface area contributed by atoms with Crippen molar-refractivity contribution in [2.24, 2.45) is 0 Å². The SMILES string of the molecule is Cc1ccc(C)c(NC(=O)[C@H](c2ccccc2)N2CCN(c3ccc(O)cc3)CC2)c1. The number of hydrogen-bond donors (Lipinski definition) is 2. The van der Waals surface area contributed by atoms with Crippen LogP contribution in [0, 0.1) is 13.8 Å². The highest BCUT2D eigenvalue weighted by atomic mass is 16.3. The van der Waals surface area contributed by atoms with Crippen LogP contribution < -0.4 is 10.2 Å². The van der Waals surface area contributed by atoms with E-state index in [0.29, 0.717) is 0 Å². The molecule has 31 heavy (non-hydrogen) atoms. The molecule has 1 heterocycles. The molecule has 3 aromatic carbocycles. The monoisotopic (exact) mass is 415 g/mol. The lowest BCUT2D eigenvalue weighted by molar-refractivity contribution is -0.121. The fourth-order valence-corrected chi connectivity index (χ4v) is 4.14. The number of piperazine rings is 1. The minimum absolute atomic E-state index is 0.00187. The third-order valence-corrected chi connectivity index (χ3v) is 5.91. The predicted molar refractivity (Wildman–Crippen MR) is 126 cm³/mol. The lowest BCUT2D eigenvalue weighted by atomic mass is 10.0. The van der Waals surface area contributed by atoms with Gasteiger partial charge in [-0.1, -0.05) is 42.5 Å². The van der Waals surface area contributed by atoms with Crippen molar-refractivity contribution in [3.8, 4) is 5.75 Å². The molecule has 0 aliphatic carbocycles.